The van der Waals surface area contributed by atoms with Gasteiger partial charge in [0.25, 0.3) is 0 Å². The zero-order valence-corrected chi connectivity index (χ0v) is 20.0. The van der Waals surface area contributed by atoms with Crippen LogP contribution in [0.2, 0.25) is 0 Å². The molecular weight excluding hydrogens is 446 g/mol. The van der Waals surface area contributed by atoms with Crippen molar-refractivity contribution in [3.8, 4) is 0 Å². The van der Waals surface area contributed by atoms with E-state index in [0.29, 0.717) is 12.8 Å². The van der Waals surface area contributed by atoms with Gasteiger partial charge in [-0.05, 0) is 67.3 Å². The number of nitrogens with one attached hydrogen (secondary N) is 3. The molecule has 2 amide bonds. The van der Waals surface area contributed by atoms with Crippen molar-refractivity contribution in [2.45, 2.75) is 70.1 Å². The van der Waals surface area contributed by atoms with E-state index in [1.54, 1.807) is 0 Å². The van der Waals surface area contributed by atoms with Gasteiger partial charge in [0, 0.05) is 31.6 Å². The number of aliphatic hydroxyl groups excluding tert-OH is 1. The maximum Gasteiger partial charge on any atom is 0.220 e. The highest BCUT2D eigenvalue weighted by molar-refractivity contribution is 5.77. The molecule has 0 saturated heterocycles. The highest BCUT2D eigenvalue weighted by Gasteiger charge is 2.22. The van der Waals surface area contributed by atoms with E-state index >= 15 is 0 Å². The van der Waals surface area contributed by atoms with Gasteiger partial charge in [-0.15, -0.1) is 4.91 Å². The van der Waals surface area contributed by atoms with Crippen LogP contribution < -0.4 is 16.0 Å². The van der Waals surface area contributed by atoms with Gasteiger partial charge in [0.1, 0.15) is 5.82 Å². The summed E-state index contributed by atoms with van der Waals surface area (Å²) in [6.45, 7) is 1.19. The van der Waals surface area contributed by atoms with E-state index in [-0.39, 0.29) is 31.2 Å². The third-order valence-corrected chi connectivity index (χ3v) is 6.11. The number of unbranched alkanes of at least 4 members (excludes halogenated alkanes) is 1. The van der Waals surface area contributed by atoms with Crippen LogP contribution in [0.3, 0.4) is 0 Å². The Morgan fingerprint density at radius 3 is 2.69 bits per heavy atom. The number of nitrogens with zero attached hydrogens (tertiary/aromatic N) is 2. The first-order chi connectivity index (χ1) is 17.0. The number of aryl methyl sites for hydroxylation is 3. The van der Waals surface area contributed by atoms with E-state index in [2.05, 4.69) is 38.2 Å². The number of anilines is 1. The van der Waals surface area contributed by atoms with Gasteiger partial charge in [-0.3, -0.25) is 9.59 Å². The van der Waals surface area contributed by atoms with Crippen LogP contribution in [0, 0.1) is 4.91 Å². The van der Waals surface area contributed by atoms with Crippen molar-refractivity contribution < 1.29 is 14.7 Å². The van der Waals surface area contributed by atoms with Gasteiger partial charge >= 0.3 is 0 Å². The fraction of sp³-hybridized carbons (Fsp3) is 0.500. The number of hydrogen-bond donors (Lipinski definition) is 4. The second-order valence-electron chi connectivity index (χ2n) is 8.87. The molecule has 1 unspecified atom stereocenters. The van der Waals surface area contributed by atoms with E-state index in [1.165, 1.54) is 5.56 Å². The van der Waals surface area contributed by atoms with Crippen molar-refractivity contribution in [2.24, 2.45) is 5.18 Å². The number of benzene rings is 1. The smallest absolute Gasteiger partial charge is 0.220 e. The molecule has 0 aliphatic carbocycles. The lowest BCUT2D eigenvalue weighted by atomic mass is 10.1. The Morgan fingerprint density at radius 1 is 1.06 bits per heavy atom. The van der Waals surface area contributed by atoms with Crippen LogP contribution in [0.1, 0.15) is 55.3 Å². The molecule has 1 aromatic heterocycles. The molecular formula is C26H35N5O4. The van der Waals surface area contributed by atoms with Crippen molar-refractivity contribution >= 4 is 17.6 Å². The van der Waals surface area contributed by atoms with E-state index in [1.807, 2.05) is 30.3 Å². The van der Waals surface area contributed by atoms with Gasteiger partial charge in [-0.1, -0.05) is 36.4 Å². The number of aromatic nitrogens is 1. The molecule has 1 aromatic carbocycles. The predicted octanol–water partition coefficient (Wildman–Crippen LogP) is 2.86. The molecule has 9 heteroatoms. The first kappa shape index (κ1) is 26.3. The van der Waals surface area contributed by atoms with Gasteiger partial charge in [0.15, 0.2) is 0 Å². The average molecular weight is 482 g/mol. The summed E-state index contributed by atoms with van der Waals surface area (Å²) in [6.07, 6.45) is 4.41. The first-order valence-corrected chi connectivity index (χ1v) is 12.4. The Hall–Kier alpha value is -3.33. The molecule has 0 spiro atoms. The van der Waals surface area contributed by atoms with E-state index in [9.17, 15) is 19.6 Å². The molecule has 4 N–H and O–H groups in total. The third kappa shape index (κ3) is 9.09. The summed E-state index contributed by atoms with van der Waals surface area (Å²) < 4.78 is 0. The minimum absolute atomic E-state index is 0.104. The number of fused-ring (bicyclic) bond motifs is 1. The molecule has 188 valence electrons. The lowest BCUT2D eigenvalue weighted by Crippen LogP contribution is -2.44. The number of amides is 2. The SMILES string of the molecule is O=NC(O)[C@@H](CCNC(=O)CCCCc1ccc2c(n1)NCCC2)NC(=O)CCc1ccccc1. The van der Waals surface area contributed by atoms with Crippen LogP contribution in [-0.2, 0) is 28.9 Å². The number of rotatable bonds is 14. The zero-order valence-electron chi connectivity index (χ0n) is 20.0. The summed E-state index contributed by atoms with van der Waals surface area (Å²) in [5.41, 5.74) is 3.32. The second kappa shape index (κ2) is 14.2. The molecule has 1 aliphatic rings. The van der Waals surface area contributed by atoms with Crippen LogP contribution in [0.25, 0.3) is 0 Å². The summed E-state index contributed by atoms with van der Waals surface area (Å²) in [6, 6.07) is 12.9. The van der Waals surface area contributed by atoms with E-state index < -0.39 is 12.3 Å². The standard InChI is InChI=1S/C26H35N5O4/c32-23(11-5-4-10-21-14-13-20-9-6-17-28-25(20)29-21)27-18-16-22(26(34)31-35)30-24(33)15-12-19-7-2-1-3-8-19/h1-3,7-8,13-14,22,26,34H,4-6,9-12,15-18H2,(H,27,32)(H,28,29)(H,30,33)/t22-,26?/m1/s1. The quantitative estimate of drug-likeness (QED) is 0.242. The van der Waals surface area contributed by atoms with Crippen molar-refractivity contribution in [3.63, 3.8) is 0 Å². The Labute approximate surface area is 206 Å². The zero-order chi connectivity index (χ0) is 24.9. The van der Waals surface area contributed by atoms with Crippen molar-refractivity contribution in [1.82, 2.24) is 15.6 Å². The minimum atomic E-state index is -1.56. The van der Waals surface area contributed by atoms with Crippen molar-refractivity contribution in [1.29, 1.82) is 0 Å². The molecule has 0 fully saturated rings. The number of aliphatic hydroxyl groups is 1. The van der Waals surface area contributed by atoms with Crippen LogP contribution in [-0.4, -0.2) is 47.3 Å². The van der Waals surface area contributed by atoms with Crippen molar-refractivity contribution in [3.05, 3.63) is 64.2 Å². The molecule has 0 radical (unpaired) electrons. The molecule has 2 atom stereocenters. The normalized spacial score (nSPS) is 14.2. The summed E-state index contributed by atoms with van der Waals surface area (Å²) >= 11 is 0. The summed E-state index contributed by atoms with van der Waals surface area (Å²) in [4.78, 5) is 39.9. The van der Waals surface area contributed by atoms with Gasteiger partial charge in [-0.25, -0.2) is 4.98 Å². The topological polar surface area (TPSA) is 133 Å². The fourth-order valence-electron chi connectivity index (χ4n) is 4.11. The maximum absolute atomic E-state index is 12.3. The number of pyridine rings is 1. The predicted molar refractivity (Wildman–Crippen MR) is 135 cm³/mol. The van der Waals surface area contributed by atoms with Crippen molar-refractivity contribution in [2.75, 3.05) is 18.4 Å². The minimum Gasteiger partial charge on any atom is -0.370 e. The molecule has 0 bridgehead atoms. The summed E-state index contributed by atoms with van der Waals surface area (Å²) in [5, 5.41) is 21.3. The number of nitroso groups, excluding NO2 is 1. The molecule has 1 aliphatic heterocycles. The van der Waals surface area contributed by atoms with Crippen LogP contribution >= 0.6 is 0 Å². The van der Waals surface area contributed by atoms with Gasteiger partial charge in [0.05, 0.1) is 6.04 Å². The fourth-order valence-corrected chi connectivity index (χ4v) is 4.11. The highest BCUT2D eigenvalue weighted by Crippen LogP contribution is 2.20. The van der Waals surface area contributed by atoms with Gasteiger partial charge < -0.3 is 21.1 Å². The van der Waals surface area contributed by atoms with E-state index in [4.69, 9.17) is 0 Å². The lowest BCUT2D eigenvalue weighted by molar-refractivity contribution is -0.122. The third-order valence-electron chi connectivity index (χ3n) is 6.11. The molecule has 2 aromatic rings. The monoisotopic (exact) mass is 481 g/mol. The van der Waals surface area contributed by atoms with Crippen LogP contribution in [0.5, 0.6) is 0 Å². The molecule has 35 heavy (non-hydrogen) atoms. The number of hydrogen-bond acceptors (Lipinski definition) is 7. The summed E-state index contributed by atoms with van der Waals surface area (Å²) in [5.74, 6) is 0.604. The molecule has 9 nitrogen and oxygen atoms in total. The number of carbonyl (C=O) groups is 2. The molecule has 0 saturated carbocycles. The first-order valence-electron chi connectivity index (χ1n) is 12.4. The number of carbonyl (C=O) groups excluding carboxylic acids is 2. The van der Waals surface area contributed by atoms with E-state index in [0.717, 1.165) is 55.7 Å². The Balaban J connectivity index is 1.32. The highest BCUT2D eigenvalue weighted by atomic mass is 16.3. The van der Waals surface area contributed by atoms with Gasteiger partial charge in [0.2, 0.25) is 18.0 Å². The van der Waals surface area contributed by atoms with Crippen LogP contribution in [0.15, 0.2) is 47.6 Å². The Morgan fingerprint density at radius 2 is 1.89 bits per heavy atom. The summed E-state index contributed by atoms with van der Waals surface area (Å²) in [7, 11) is 0. The molecule has 3 rings (SSSR count). The Bertz CT molecular complexity index is 969. The lowest BCUT2D eigenvalue weighted by Gasteiger charge is -2.20. The Kier molecular flexibility index (Phi) is 10.6. The van der Waals surface area contributed by atoms with Crippen LogP contribution in [0.4, 0.5) is 5.82 Å². The largest absolute Gasteiger partial charge is 0.370 e. The van der Waals surface area contributed by atoms with Gasteiger partial charge in [-0.2, -0.15) is 0 Å². The second-order valence-corrected chi connectivity index (χ2v) is 8.87. The average Bonchev–Trinajstić information content (AvgIpc) is 2.89. The maximum atomic E-state index is 12.3. The molecule has 2 heterocycles.